The minimum Gasteiger partial charge on any atom is -0.496 e. The van der Waals surface area contributed by atoms with Crippen molar-refractivity contribution in [1.82, 2.24) is 4.90 Å². The Balaban J connectivity index is 1.50. The fourth-order valence-corrected chi connectivity index (χ4v) is 7.41. The number of amides is 1. The highest BCUT2D eigenvalue weighted by Gasteiger charge is 2.58. The minimum absolute atomic E-state index is 0.00739. The SMILES string of the molecule is C=C(C(=O)N1CC2C(c3ccccc3OC)[C@@H](O)CC(c3ccccc3)(c3ccccc3)C2C1)c1ccccc1. The summed E-state index contributed by atoms with van der Waals surface area (Å²) in [5.41, 5.74) is 4.21. The summed E-state index contributed by atoms with van der Waals surface area (Å²) in [6.45, 7) is 5.32. The van der Waals surface area contributed by atoms with Crippen LogP contribution in [0.25, 0.3) is 5.57 Å². The molecule has 0 spiro atoms. The van der Waals surface area contributed by atoms with Crippen LogP contribution in [0.5, 0.6) is 5.75 Å². The number of benzene rings is 4. The van der Waals surface area contributed by atoms with Crippen molar-refractivity contribution in [1.29, 1.82) is 0 Å². The van der Waals surface area contributed by atoms with Gasteiger partial charge in [0.1, 0.15) is 5.75 Å². The van der Waals surface area contributed by atoms with Crippen LogP contribution in [0.15, 0.2) is 122 Å². The molecule has 4 atom stereocenters. The first kappa shape index (κ1) is 26.1. The van der Waals surface area contributed by atoms with Gasteiger partial charge in [-0.3, -0.25) is 4.79 Å². The number of methoxy groups -OCH3 is 1. The monoisotopic (exact) mass is 529 g/mol. The molecule has 1 N–H and O–H groups in total. The Morgan fingerprint density at radius 1 is 0.825 bits per heavy atom. The molecule has 1 aliphatic heterocycles. The topological polar surface area (TPSA) is 49.8 Å². The lowest BCUT2D eigenvalue weighted by Crippen LogP contribution is -2.51. The number of hydrogen-bond acceptors (Lipinski definition) is 3. The average Bonchev–Trinajstić information content (AvgIpc) is 3.47. The van der Waals surface area contributed by atoms with Gasteiger partial charge in [0.25, 0.3) is 5.91 Å². The van der Waals surface area contributed by atoms with Crippen molar-refractivity contribution in [2.24, 2.45) is 11.8 Å². The Hall–Kier alpha value is -4.15. The Bertz CT molecular complexity index is 1450. The molecule has 1 aliphatic carbocycles. The van der Waals surface area contributed by atoms with Gasteiger partial charge in [0.2, 0.25) is 0 Å². The van der Waals surface area contributed by atoms with E-state index in [2.05, 4.69) is 61.2 Å². The maximum atomic E-state index is 14.0. The van der Waals surface area contributed by atoms with Crippen LogP contribution in [-0.2, 0) is 10.2 Å². The standard InChI is InChI=1S/C36H35NO3/c1-25(26-14-6-3-7-15-26)35(39)37-23-30-31(24-37)36(27-16-8-4-9-17-27,28-18-10-5-11-19-28)22-32(38)34(30)29-20-12-13-21-33(29)40-2/h3-21,30-32,34,38H,1,22-24H2,2H3/t30?,31?,32-,34?/m0/s1. The van der Waals surface area contributed by atoms with Crippen LogP contribution in [0, 0.1) is 11.8 Å². The van der Waals surface area contributed by atoms with E-state index in [4.69, 9.17) is 4.74 Å². The fraction of sp³-hybridized carbons (Fsp3) is 0.250. The molecule has 1 heterocycles. The summed E-state index contributed by atoms with van der Waals surface area (Å²) < 4.78 is 5.78. The zero-order valence-electron chi connectivity index (χ0n) is 22.8. The largest absolute Gasteiger partial charge is 0.496 e. The van der Waals surface area contributed by atoms with Gasteiger partial charge in [-0.25, -0.2) is 0 Å². The normalized spacial score (nSPS) is 23.3. The molecule has 0 radical (unpaired) electrons. The van der Waals surface area contributed by atoms with Crippen LogP contribution in [0.4, 0.5) is 0 Å². The van der Waals surface area contributed by atoms with Gasteiger partial charge in [0.05, 0.1) is 13.2 Å². The van der Waals surface area contributed by atoms with Gasteiger partial charge in [-0.15, -0.1) is 0 Å². The number of fused-ring (bicyclic) bond motifs is 1. The van der Waals surface area contributed by atoms with Gasteiger partial charge in [-0.1, -0.05) is 116 Å². The summed E-state index contributed by atoms with van der Waals surface area (Å²) in [6.07, 6.45) is -0.0858. The molecule has 4 heteroatoms. The van der Waals surface area contributed by atoms with Gasteiger partial charge in [-0.2, -0.15) is 0 Å². The van der Waals surface area contributed by atoms with Gasteiger partial charge in [0.15, 0.2) is 0 Å². The van der Waals surface area contributed by atoms with Crippen LogP contribution < -0.4 is 4.74 Å². The average molecular weight is 530 g/mol. The third kappa shape index (κ3) is 4.33. The summed E-state index contributed by atoms with van der Waals surface area (Å²) in [5, 5.41) is 12.1. The highest BCUT2D eigenvalue weighted by Crippen LogP contribution is 2.58. The highest BCUT2D eigenvalue weighted by molar-refractivity contribution is 6.18. The van der Waals surface area contributed by atoms with E-state index >= 15 is 0 Å². The van der Waals surface area contributed by atoms with Crippen molar-refractivity contribution in [3.8, 4) is 5.75 Å². The Morgan fingerprint density at radius 3 is 1.98 bits per heavy atom. The Morgan fingerprint density at radius 2 is 1.38 bits per heavy atom. The van der Waals surface area contributed by atoms with Crippen LogP contribution in [0.1, 0.15) is 34.6 Å². The lowest BCUT2D eigenvalue weighted by atomic mass is 9.52. The van der Waals surface area contributed by atoms with Crippen LogP contribution >= 0.6 is 0 Å². The molecule has 1 saturated carbocycles. The number of ether oxygens (including phenoxy) is 1. The number of hydrogen-bond donors (Lipinski definition) is 1. The molecule has 0 bridgehead atoms. The molecular weight excluding hydrogens is 494 g/mol. The maximum Gasteiger partial charge on any atom is 0.253 e. The number of nitrogens with zero attached hydrogens (tertiary/aromatic N) is 1. The molecule has 4 aromatic carbocycles. The Kier molecular flexibility index (Phi) is 7.03. The number of likely N-dealkylation sites (tertiary alicyclic amines) is 1. The Labute approximate surface area is 236 Å². The van der Waals surface area contributed by atoms with E-state index in [1.807, 2.05) is 65.6 Å². The quantitative estimate of drug-likeness (QED) is 0.298. The van der Waals surface area contributed by atoms with E-state index in [1.54, 1.807) is 7.11 Å². The smallest absolute Gasteiger partial charge is 0.253 e. The second-order valence-corrected chi connectivity index (χ2v) is 11.1. The van der Waals surface area contributed by atoms with Crippen LogP contribution in [-0.4, -0.2) is 42.2 Å². The molecule has 4 nitrogen and oxygen atoms in total. The number of carbonyl (C=O) groups excluding carboxylic acids is 1. The lowest BCUT2D eigenvalue weighted by Gasteiger charge is -2.51. The second kappa shape index (κ2) is 10.8. The molecule has 3 unspecified atom stereocenters. The van der Waals surface area contributed by atoms with E-state index in [0.717, 1.165) is 16.9 Å². The number of aliphatic hydroxyl groups is 1. The molecule has 6 rings (SSSR count). The van der Waals surface area contributed by atoms with Crippen molar-refractivity contribution < 1.29 is 14.6 Å². The summed E-state index contributed by atoms with van der Waals surface area (Å²) in [5.74, 6) is 0.625. The fourth-order valence-electron chi connectivity index (χ4n) is 7.41. The molecule has 2 fully saturated rings. The molecular formula is C36H35NO3. The summed E-state index contributed by atoms with van der Waals surface area (Å²) in [7, 11) is 1.68. The molecule has 40 heavy (non-hydrogen) atoms. The summed E-state index contributed by atoms with van der Waals surface area (Å²) in [6, 6.07) is 38.7. The van der Waals surface area contributed by atoms with Crippen molar-refractivity contribution in [2.45, 2.75) is 23.9 Å². The van der Waals surface area contributed by atoms with Crippen molar-refractivity contribution >= 4 is 11.5 Å². The number of carbonyl (C=O) groups is 1. The molecule has 1 saturated heterocycles. The van der Waals surface area contributed by atoms with Crippen molar-refractivity contribution in [3.63, 3.8) is 0 Å². The predicted molar refractivity (Wildman–Crippen MR) is 159 cm³/mol. The summed E-state index contributed by atoms with van der Waals surface area (Å²) in [4.78, 5) is 15.9. The van der Waals surface area contributed by atoms with Crippen molar-refractivity contribution in [3.05, 3.63) is 144 Å². The van der Waals surface area contributed by atoms with E-state index in [1.165, 1.54) is 11.1 Å². The first-order chi connectivity index (χ1) is 19.5. The van der Waals surface area contributed by atoms with Gasteiger partial charge >= 0.3 is 0 Å². The third-order valence-corrected chi connectivity index (χ3v) is 9.15. The van der Waals surface area contributed by atoms with Crippen LogP contribution in [0.3, 0.4) is 0 Å². The van der Waals surface area contributed by atoms with E-state index < -0.39 is 11.5 Å². The second-order valence-electron chi connectivity index (χ2n) is 11.1. The van der Waals surface area contributed by atoms with E-state index in [0.29, 0.717) is 25.1 Å². The first-order valence-corrected chi connectivity index (χ1v) is 14.0. The summed E-state index contributed by atoms with van der Waals surface area (Å²) >= 11 is 0. The lowest BCUT2D eigenvalue weighted by molar-refractivity contribution is -0.124. The molecule has 4 aromatic rings. The number of aliphatic hydroxyl groups excluding tert-OH is 1. The highest BCUT2D eigenvalue weighted by atomic mass is 16.5. The van der Waals surface area contributed by atoms with E-state index in [9.17, 15) is 9.90 Å². The van der Waals surface area contributed by atoms with Crippen molar-refractivity contribution in [2.75, 3.05) is 20.2 Å². The molecule has 2 aliphatic rings. The predicted octanol–water partition coefficient (Wildman–Crippen LogP) is 6.32. The maximum absolute atomic E-state index is 14.0. The molecule has 0 aromatic heterocycles. The number of rotatable bonds is 6. The first-order valence-electron chi connectivity index (χ1n) is 14.0. The zero-order chi connectivity index (χ0) is 27.7. The third-order valence-electron chi connectivity index (χ3n) is 9.15. The number of para-hydroxylation sites is 1. The molecule has 202 valence electrons. The van der Waals surface area contributed by atoms with E-state index in [-0.39, 0.29) is 23.7 Å². The zero-order valence-corrected chi connectivity index (χ0v) is 22.8. The van der Waals surface area contributed by atoms with Crippen LogP contribution in [0.2, 0.25) is 0 Å². The minimum atomic E-state index is -0.634. The molecule has 1 amide bonds. The van der Waals surface area contributed by atoms with Gasteiger partial charge < -0.3 is 14.7 Å². The van der Waals surface area contributed by atoms with Gasteiger partial charge in [-0.05, 0) is 41.0 Å². The van der Waals surface area contributed by atoms with Gasteiger partial charge in [0, 0.05) is 35.6 Å².